The molecule has 0 aromatic heterocycles. The second-order valence-corrected chi connectivity index (χ2v) is 11.7. The summed E-state index contributed by atoms with van der Waals surface area (Å²) in [4.78, 5) is 36.2. The second kappa shape index (κ2) is 15.4. The number of benzene rings is 1. The Labute approximate surface area is 212 Å². The van der Waals surface area contributed by atoms with Crippen molar-refractivity contribution in [2.24, 2.45) is 0 Å². The van der Waals surface area contributed by atoms with Gasteiger partial charge in [-0.25, -0.2) is 18.0 Å². The molecular formula is C23H36N4O6S2. The molecule has 0 spiro atoms. The van der Waals surface area contributed by atoms with Gasteiger partial charge in [0.2, 0.25) is 15.9 Å². The Balaban J connectivity index is 2.83. The Bertz CT molecular complexity index is 954. The number of nitrogens with zero attached hydrogens (tertiary/aromatic N) is 1. The number of sulfonamides is 1. The fourth-order valence-electron chi connectivity index (χ4n) is 2.77. The molecule has 1 aromatic carbocycles. The molecule has 1 rings (SSSR count). The summed E-state index contributed by atoms with van der Waals surface area (Å²) in [5, 5.41) is 17.1. The number of rotatable bonds is 16. The monoisotopic (exact) mass is 528 g/mol. The van der Waals surface area contributed by atoms with Crippen molar-refractivity contribution in [1.29, 1.82) is 0 Å². The number of aliphatic carboxylic acids is 1. The minimum absolute atomic E-state index is 0.0473. The minimum Gasteiger partial charge on any atom is -0.480 e. The van der Waals surface area contributed by atoms with E-state index in [1.165, 1.54) is 12.1 Å². The number of carboxylic acid groups (broad SMARTS) is 1. The summed E-state index contributed by atoms with van der Waals surface area (Å²) >= 11 is 1.68. The molecule has 0 unspecified atom stereocenters. The number of hydrogen-bond donors (Lipinski definition) is 4. The van der Waals surface area contributed by atoms with E-state index in [-0.39, 0.29) is 24.5 Å². The maximum Gasteiger partial charge on any atom is 0.328 e. The predicted octanol–water partition coefficient (Wildman–Crippen LogP) is 2.04. The Kier molecular flexibility index (Phi) is 13.4. The van der Waals surface area contributed by atoms with Gasteiger partial charge in [0.1, 0.15) is 6.04 Å². The maximum absolute atomic E-state index is 13.1. The number of hydrogen-bond acceptors (Lipinski definition) is 6. The third kappa shape index (κ3) is 11.6. The molecule has 0 heterocycles. The van der Waals surface area contributed by atoms with Crippen LogP contribution >= 0.6 is 11.8 Å². The van der Waals surface area contributed by atoms with Gasteiger partial charge < -0.3 is 21.1 Å². The van der Waals surface area contributed by atoms with Crippen molar-refractivity contribution in [3.05, 3.63) is 42.5 Å². The summed E-state index contributed by atoms with van der Waals surface area (Å²) in [5.74, 6) is -1.43. The number of nitrogens with one attached hydrogen (secondary N) is 3. The molecule has 3 amide bonds. The molecule has 0 radical (unpaired) electrons. The normalized spacial score (nSPS) is 12.3. The van der Waals surface area contributed by atoms with E-state index in [4.69, 9.17) is 0 Å². The van der Waals surface area contributed by atoms with E-state index in [9.17, 15) is 27.9 Å². The fraction of sp³-hybridized carbons (Fsp3) is 0.522. The summed E-state index contributed by atoms with van der Waals surface area (Å²) in [7, 11) is -3.97. The zero-order chi connectivity index (χ0) is 26.4. The van der Waals surface area contributed by atoms with Crippen LogP contribution in [0.1, 0.15) is 33.6 Å². The number of thioether (sulfide) groups is 1. The van der Waals surface area contributed by atoms with E-state index >= 15 is 0 Å². The average molecular weight is 529 g/mol. The minimum atomic E-state index is -3.97. The van der Waals surface area contributed by atoms with Crippen molar-refractivity contribution in [2.75, 3.05) is 31.9 Å². The van der Waals surface area contributed by atoms with Gasteiger partial charge in [0, 0.05) is 13.1 Å². The van der Waals surface area contributed by atoms with E-state index in [0.29, 0.717) is 23.8 Å². The molecule has 0 saturated carbocycles. The smallest absolute Gasteiger partial charge is 0.328 e. The Morgan fingerprint density at radius 3 is 2.37 bits per heavy atom. The van der Waals surface area contributed by atoms with Crippen LogP contribution in [-0.4, -0.2) is 79.0 Å². The lowest BCUT2D eigenvalue weighted by molar-refractivity contribution is -0.141. The van der Waals surface area contributed by atoms with Gasteiger partial charge in [-0.1, -0.05) is 51.1 Å². The van der Waals surface area contributed by atoms with Crippen LogP contribution in [0.5, 0.6) is 0 Å². The molecule has 10 nitrogen and oxygen atoms in total. The molecule has 0 bridgehead atoms. The molecule has 1 atom stereocenters. The van der Waals surface area contributed by atoms with E-state index < -0.39 is 40.5 Å². The molecular weight excluding hydrogens is 492 g/mol. The lowest BCUT2D eigenvalue weighted by atomic mass is 10.2. The van der Waals surface area contributed by atoms with Gasteiger partial charge in [-0.05, 0) is 36.0 Å². The Hall–Kier alpha value is -2.57. The summed E-state index contributed by atoms with van der Waals surface area (Å²) in [6, 6.07) is 5.72. The first-order valence-electron chi connectivity index (χ1n) is 11.3. The van der Waals surface area contributed by atoms with Crippen LogP contribution in [0.15, 0.2) is 47.4 Å². The van der Waals surface area contributed by atoms with Crippen molar-refractivity contribution in [3.8, 4) is 0 Å². The number of amides is 3. The van der Waals surface area contributed by atoms with E-state index in [1.54, 1.807) is 30.0 Å². The molecule has 35 heavy (non-hydrogen) atoms. The van der Waals surface area contributed by atoms with Gasteiger partial charge in [-0.3, -0.25) is 4.79 Å². The quantitative estimate of drug-likeness (QED) is 0.190. The van der Waals surface area contributed by atoms with Crippen molar-refractivity contribution in [3.63, 3.8) is 0 Å². The van der Waals surface area contributed by atoms with Crippen molar-refractivity contribution in [1.82, 2.24) is 20.3 Å². The summed E-state index contributed by atoms with van der Waals surface area (Å²) in [6.07, 6.45) is 1.21. The van der Waals surface area contributed by atoms with Gasteiger partial charge in [0.25, 0.3) is 0 Å². The lowest BCUT2D eigenvalue weighted by Gasteiger charge is -2.23. The molecule has 12 heteroatoms. The first-order valence-corrected chi connectivity index (χ1v) is 13.8. The summed E-state index contributed by atoms with van der Waals surface area (Å²) in [6.45, 7) is 9.16. The van der Waals surface area contributed by atoms with Crippen LogP contribution in [0.25, 0.3) is 0 Å². The van der Waals surface area contributed by atoms with Crippen LogP contribution in [0, 0.1) is 0 Å². The molecule has 196 valence electrons. The van der Waals surface area contributed by atoms with Gasteiger partial charge in [0.15, 0.2) is 0 Å². The standard InChI is InChI=1S/C23H36N4O6S2/c1-5-18(4)14-24-23(31)25-15-20(22(29)30)26-21(28)16-27(12-9-13-34-17(2)3)35(32,33)19-10-7-6-8-11-19/h6-8,10-11,17,20H,4-5,9,12-16H2,1-3H3,(H,26,28)(H,29,30)(H2,24,25,31)/t20-/m0/s1. The van der Waals surface area contributed by atoms with Crippen LogP contribution in [0.2, 0.25) is 0 Å². The van der Waals surface area contributed by atoms with Gasteiger partial charge >= 0.3 is 12.0 Å². The highest BCUT2D eigenvalue weighted by Crippen LogP contribution is 2.17. The van der Waals surface area contributed by atoms with Crippen LogP contribution in [0.4, 0.5) is 4.79 Å². The van der Waals surface area contributed by atoms with Crippen molar-refractivity contribution in [2.45, 2.75) is 49.8 Å². The maximum atomic E-state index is 13.1. The van der Waals surface area contributed by atoms with Crippen LogP contribution < -0.4 is 16.0 Å². The topological polar surface area (TPSA) is 145 Å². The Morgan fingerprint density at radius 1 is 1.14 bits per heavy atom. The highest BCUT2D eigenvalue weighted by molar-refractivity contribution is 7.99. The van der Waals surface area contributed by atoms with Crippen LogP contribution in [-0.2, 0) is 19.6 Å². The molecule has 0 aliphatic carbocycles. The summed E-state index contributed by atoms with van der Waals surface area (Å²) < 4.78 is 27.3. The zero-order valence-corrected chi connectivity index (χ0v) is 22.1. The first kappa shape index (κ1) is 30.5. The van der Waals surface area contributed by atoms with Gasteiger partial charge in [0.05, 0.1) is 18.0 Å². The molecule has 0 saturated heterocycles. The number of carboxylic acids is 1. The summed E-state index contributed by atoms with van der Waals surface area (Å²) in [5.41, 5.74) is 0.801. The fourth-order valence-corrected chi connectivity index (χ4v) is 5.00. The highest BCUT2D eigenvalue weighted by atomic mass is 32.2. The molecule has 0 aliphatic rings. The largest absolute Gasteiger partial charge is 0.480 e. The number of carbonyl (C=O) groups is 3. The predicted molar refractivity (Wildman–Crippen MR) is 138 cm³/mol. The molecule has 0 fully saturated rings. The lowest BCUT2D eigenvalue weighted by Crippen LogP contribution is -2.52. The van der Waals surface area contributed by atoms with E-state index in [1.807, 2.05) is 20.8 Å². The van der Waals surface area contributed by atoms with Crippen molar-refractivity contribution >= 4 is 39.7 Å². The second-order valence-electron chi connectivity index (χ2n) is 8.05. The zero-order valence-electron chi connectivity index (χ0n) is 20.5. The van der Waals surface area contributed by atoms with Gasteiger partial charge in [-0.2, -0.15) is 16.1 Å². The van der Waals surface area contributed by atoms with E-state index in [2.05, 4.69) is 22.5 Å². The highest BCUT2D eigenvalue weighted by Gasteiger charge is 2.28. The third-order valence-electron chi connectivity index (χ3n) is 4.80. The molecule has 4 N–H and O–H groups in total. The van der Waals surface area contributed by atoms with E-state index in [0.717, 1.165) is 9.88 Å². The Morgan fingerprint density at radius 2 is 1.80 bits per heavy atom. The van der Waals surface area contributed by atoms with Crippen molar-refractivity contribution < 1.29 is 27.9 Å². The average Bonchev–Trinajstić information content (AvgIpc) is 2.82. The van der Waals surface area contributed by atoms with Gasteiger partial charge in [-0.15, -0.1) is 0 Å². The van der Waals surface area contributed by atoms with Crippen LogP contribution in [0.3, 0.4) is 0 Å². The SMILES string of the molecule is C=C(CC)CNC(=O)NC[C@H](NC(=O)CN(CCCSC(C)C)S(=O)(=O)c1ccccc1)C(=O)O. The number of urea groups is 1. The third-order valence-corrected chi connectivity index (χ3v) is 7.85. The molecule has 0 aliphatic heterocycles. The number of carbonyl (C=O) groups excluding carboxylic acids is 2. The first-order chi connectivity index (χ1) is 16.5. The molecule has 1 aromatic rings.